The van der Waals surface area contributed by atoms with Crippen LogP contribution in [0.2, 0.25) is 0 Å². The summed E-state index contributed by atoms with van der Waals surface area (Å²) in [7, 11) is 0. The van der Waals surface area contributed by atoms with Crippen LogP contribution in [0, 0.1) is 11.7 Å². The van der Waals surface area contributed by atoms with Crippen LogP contribution in [-0.2, 0) is 22.5 Å². The standard InChI is InChI=1S/C27H29FN4O3/c1-2-23(33)31-22-15-19(7-11-29-22)26-24(18-3-5-20(28)6-4-18)25-21(8-12-30-27(25)34)32(26)16-17-9-13-35-14-10-17/h3-7,11,15,17H,2,8-10,12-14,16H2,1H3,(H,30,34)(H,29,31,33). The average molecular weight is 477 g/mol. The van der Waals surface area contributed by atoms with Crippen molar-refractivity contribution in [3.63, 3.8) is 0 Å². The number of fused-ring (bicyclic) bond motifs is 1. The summed E-state index contributed by atoms with van der Waals surface area (Å²) in [5, 5.41) is 5.82. The van der Waals surface area contributed by atoms with Gasteiger partial charge in [-0.1, -0.05) is 19.1 Å². The molecule has 0 atom stereocenters. The number of hydrogen-bond acceptors (Lipinski definition) is 4. The lowest BCUT2D eigenvalue weighted by Gasteiger charge is -2.26. The van der Waals surface area contributed by atoms with Gasteiger partial charge in [0.15, 0.2) is 0 Å². The van der Waals surface area contributed by atoms with Crippen molar-refractivity contribution >= 4 is 17.6 Å². The van der Waals surface area contributed by atoms with E-state index < -0.39 is 0 Å². The molecule has 0 spiro atoms. The summed E-state index contributed by atoms with van der Waals surface area (Å²) in [5.41, 5.74) is 4.92. The number of amides is 2. The molecular weight excluding hydrogens is 447 g/mol. The molecule has 3 aromatic rings. The van der Waals surface area contributed by atoms with Gasteiger partial charge in [-0.15, -0.1) is 0 Å². The van der Waals surface area contributed by atoms with Gasteiger partial charge in [0.2, 0.25) is 5.91 Å². The molecule has 2 aromatic heterocycles. The quantitative estimate of drug-likeness (QED) is 0.552. The van der Waals surface area contributed by atoms with Crippen molar-refractivity contribution in [1.29, 1.82) is 0 Å². The van der Waals surface area contributed by atoms with Crippen molar-refractivity contribution in [3.8, 4) is 22.4 Å². The number of nitrogens with one attached hydrogen (secondary N) is 2. The van der Waals surface area contributed by atoms with E-state index in [1.807, 2.05) is 12.1 Å². The Morgan fingerprint density at radius 2 is 1.94 bits per heavy atom. The predicted octanol–water partition coefficient (Wildman–Crippen LogP) is 4.42. The molecule has 0 bridgehead atoms. The van der Waals surface area contributed by atoms with Gasteiger partial charge in [-0.2, -0.15) is 0 Å². The minimum absolute atomic E-state index is 0.119. The number of anilines is 1. The van der Waals surface area contributed by atoms with E-state index in [9.17, 15) is 14.0 Å². The first-order valence-corrected chi connectivity index (χ1v) is 12.2. The number of carbonyl (C=O) groups is 2. The van der Waals surface area contributed by atoms with Crippen LogP contribution in [0.3, 0.4) is 0 Å². The lowest BCUT2D eigenvalue weighted by molar-refractivity contribution is -0.115. The van der Waals surface area contributed by atoms with E-state index in [1.165, 1.54) is 12.1 Å². The second-order valence-electron chi connectivity index (χ2n) is 9.06. The molecule has 7 nitrogen and oxygen atoms in total. The molecule has 1 fully saturated rings. The molecule has 0 aliphatic carbocycles. The predicted molar refractivity (Wildman–Crippen MR) is 132 cm³/mol. The molecule has 182 valence electrons. The molecule has 0 radical (unpaired) electrons. The SMILES string of the molecule is CCC(=O)Nc1cc(-c2c(-c3ccc(F)cc3)c3c(n2CC2CCOCC2)CCNC3=O)ccn1. The summed E-state index contributed by atoms with van der Waals surface area (Å²) in [6.45, 7) is 4.58. The highest BCUT2D eigenvalue weighted by atomic mass is 19.1. The fraction of sp³-hybridized carbons (Fsp3) is 0.370. The van der Waals surface area contributed by atoms with Crippen LogP contribution in [0.5, 0.6) is 0 Å². The summed E-state index contributed by atoms with van der Waals surface area (Å²) in [4.78, 5) is 29.5. The maximum absolute atomic E-state index is 13.8. The zero-order valence-corrected chi connectivity index (χ0v) is 19.8. The van der Waals surface area contributed by atoms with Crippen molar-refractivity contribution in [2.75, 3.05) is 25.1 Å². The lowest BCUT2D eigenvalue weighted by atomic mass is 9.95. The Bertz CT molecular complexity index is 1250. The summed E-state index contributed by atoms with van der Waals surface area (Å²) < 4.78 is 21.7. The van der Waals surface area contributed by atoms with Gasteiger partial charge in [0, 0.05) is 62.2 Å². The van der Waals surface area contributed by atoms with E-state index in [0.717, 1.165) is 60.7 Å². The number of ether oxygens (including phenoxy) is 1. The van der Waals surface area contributed by atoms with Crippen molar-refractivity contribution < 1.29 is 18.7 Å². The largest absolute Gasteiger partial charge is 0.381 e. The van der Waals surface area contributed by atoms with Gasteiger partial charge in [0.25, 0.3) is 5.91 Å². The third-order valence-corrected chi connectivity index (χ3v) is 6.78. The van der Waals surface area contributed by atoms with Crippen molar-refractivity contribution in [2.45, 2.75) is 39.2 Å². The topological polar surface area (TPSA) is 85.3 Å². The van der Waals surface area contributed by atoms with E-state index in [2.05, 4.69) is 20.2 Å². The lowest BCUT2D eigenvalue weighted by Crippen LogP contribution is -2.33. The van der Waals surface area contributed by atoms with Gasteiger partial charge in [0.1, 0.15) is 11.6 Å². The maximum atomic E-state index is 13.8. The number of halogens is 1. The molecule has 2 aliphatic rings. The Morgan fingerprint density at radius 3 is 2.69 bits per heavy atom. The number of hydrogen-bond donors (Lipinski definition) is 2. The zero-order valence-electron chi connectivity index (χ0n) is 19.8. The fourth-order valence-electron chi connectivity index (χ4n) is 5.02. The van der Waals surface area contributed by atoms with Crippen LogP contribution in [-0.4, -0.2) is 41.1 Å². The molecule has 5 rings (SSSR count). The number of aromatic nitrogens is 2. The Hall–Kier alpha value is -3.52. The molecular formula is C27H29FN4O3. The zero-order chi connectivity index (χ0) is 24.4. The highest BCUT2D eigenvalue weighted by molar-refractivity contribution is 6.07. The maximum Gasteiger partial charge on any atom is 0.253 e. The van der Waals surface area contributed by atoms with Crippen LogP contribution >= 0.6 is 0 Å². The van der Waals surface area contributed by atoms with Crippen LogP contribution in [0.15, 0.2) is 42.6 Å². The molecule has 0 saturated carbocycles. The summed E-state index contributed by atoms with van der Waals surface area (Å²) in [6.07, 6.45) is 4.64. The normalized spacial score (nSPS) is 16.0. The summed E-state index contributed by atoms with van der Waals surface area (Å²) in [5.74, 6) is 0.311. The summed E-state index contributed by atoms with van der Waals surface area (Å²) in [6, 6.07) is 10.0. The molecule has 0 unspecified atom stereocenters. The first-order valence-electron chi connectivity index (χ1n) is 12.2. The van der Waals surface area contributed by atoms with Crippen LogP contribution in [0.1, 0.15) is 42.2 Å². The third kappa shape index (κ3) is 4.71. The van der Waals surface area contributed by atoms with Crippen molar-refractivity contribution in [1.82, 2.24) is 14.9 Å². The Morgan fingerprint density at radius 1 is 1.17 bits per heavy atom. The van der Waals surface area contributed by atoms with Gasteiger partial charge < -0.3 is 19.9 Å². The van der Waals surface area contributed by atoms with Crippen LogP contribution in [0.25, 0.3) is 22.4 Å². The van der Waals surface area contributed by atoms with Crippen molar-refractivity contribution in [3.05, 3.63) is 59.7 Å². The van der Waals surface area contributed by atoms with E-state index in [1.54, 1.807) is 25.3 Å². The van der Waals surface area contributed by atoms with E-state index in [-0.39, 0.29) is 17.6 Å². The van der Waals surface area contributed by atoms with E-state index >= 15 is 0 Å². The Labute approximate surface area is 203 Å². The van der Waals surface area contributed by atoms with Gasteiger partial charge >= 0.3 is 0 Å². The average Bonchev–Trinajstić information content (AvgIpc) is 3.20. The van der Waals surface area contributed by atoms with Crippen molar-refractivity contribution in [2.24, 2.45) is 5.92 Å². The number of carbonyl (C=O) groups excluding carboxylic acids is 2. The first-order chi connectivity index (χ1) is 17.0. The molecule has 8 heteroatoms. The van der Waals surface area contributed by atoms with Gasteiger partial charge in [-0.25, -0.2) is 9.37 Å². The number of rotatable bonds is 6. The van der Waals surface area contributed by atoms with Gasteiger partial charge in [-0.3, -0.25) is 9.59 Å². The van der Waals surface area contributed by atoms with Gasteiger partial charge in [-0.05, 0) is 48.6 Å². The molecule has 4 heterocycles. The fourth-order valence-corrected chi connectivity index (χ4v) is 5.02. The molecule has 2 N–H and O–H groups in total. The Balaban J connectivity index is 1.73. The minimum atomic E-state index is -0.330. The van der Waals surface area contributed by atoms with E-state index in [4.69, 9.17) is 4.74 Å². The first kappa shape index (κ1) is 23.2. The van der Waals surface area contributed by atoms with Crippen LogP contribution < -0.4 is 10.6 Å². The highest BCUT2D eigenvalue weighted by Gasteiger charge is 2.32. The molecule has 1 aromatic carbocycles. The monoisotopic (exact) mass is 476 g/mol. The van der Waals surface area contributed by atoms with Gasteiger partial charge in [0.05, 0.1) is 11.3 Å². The summed E-state index contributed by atoms with van der Waals surface area (Å²) >= 11 is 0. The number of nitrogens with zero attached hydrogens (tertiary/aromatic N) is 2. The minimum Gasteiger partial charge on any atom is -0.381 e. The molecule has 1 saturated heterocycles. The van der Waals surface area contributed by atoms with E-state index in [0.29, 0.717) is 36.7 Å². The third-order valence-electron chi connectivity index (χ3n) is 6.78. The highest BCUT2D eigenvalue weighted by Crippen LogP contribution is 2.42. The molecule has 35 heavy (non-hydrogen) atoms. The molecule has 2 amide bonds. The molecule has 2 aliphatic heterocycles. The smallest absolute Gasteiger partial charge is 0.253 e. The second-order valence-corrected chi connectivity index (χ2v) is 9.06. The Kier molecular flexibility index (Phi) is 6.63. The number of benzene rings is 1. The number of pyridine rings is 1. The van der Waals surface area contributed by atoms with Crippen LogP contribution in [0.4, 0.5) is 10.2 Å². The second kappa shape index (κ2) is 10.00.